The van der Waals surface area contributed by atoms with Gasteiger partial charge in [-0.1, -0.05) is 18.2 Å². The van der Waals surface area contributed by atoms with Crippen LogP contribution < -0.4 is 10.6 Å². The highest BCUT2D eigenvalue weighted by atomic mass is 32.1. The summed E-state index contributed by atoms with van der Waals surface area (Å²) < 4.78 is 40.6. The second-order valence-electron chi connectivity index (χ2n) is 5.93. The smallest absolute Gasteiger partial charge is 0.330 e. The van der Waals surface area contributed by atoms with Gasteiger partial charge >= 0.3 is 12.2 Å². The van der Waals surface area contributed by atoms with Gasteiger partial charge in [0.1, 0.15) is 5.69 Å². The number of halogens is 3. The molecule has 0 spiro atoms. The number of amides is 2. The summed E-state index contributed by atoms with van der Waals surface area (Å²) in [6.45, 7) is -0.0674. The van der Waals surface area contributed by atoms with Crippen LogP contribution in [0.2, 0.25) is 0 Å². The number of thiophene rings is 1. The number of nitrogens with one attached hydrogen (secondary N) is 2. The number of alkyl halides is 3. The Bertz CT molecular complexity index is 1160. The Morgan fingerprint density at radius 2 is 1.90 bits per heavy atom. The number of anilines is 1. The van der Waals surface area contributed by atoms with E-state index >= 15 is 0 Å². The van der Waals surface area contributed by atoms with Gasteiger partial charge in [0, 0.05) is 0 Å². The maximum atomic E-state index is 13.0. The molecule has 2 amide bonds. The molecule has 0 aliphatic carbocycles. The predicted octanol–water partition coefficient (Wildman–Crippen LogP) is 4.19. The summed E-state index contributed by atoms with van der Waals surface area (Å²) in [5, 5.41) is 19.1. The second kappa shape index (κ2) is 7.51. The molecule has 4 aromatic rings. The first kappa shape index (κ1) is 18.9. The van der Waals surface area contributed by atoms with Gasteiger partial charge in [0.15, 0.2) is 11.5 Å². The topological polar surface area (TPSA) is 84.2 Å². The average molecular weight is 418 g/mol. The van der Waals surface area contributed by atoms with E-state index in [0.717, 1.165) is 16.6 Å². The van der Waals surface area contributed by atoms with E-state index in [2.05, 4.69) is 25.9 Å². The van der Waals surface area contributed by atoms with Crippen LogP contribution in [0.1, 0.15) is 11.4 Å². The summed E-state index contributed by atoms with van der Waals surface area (Å²) >= 11 is 1.53. The molecule has 0 fully saturated rings. The van der Waals surface area contributed by atoms with Crippen molar-refractivity contribution in [3.8, 4) is 10.6 Å². The molecule has 3 aromatic heterocycles. The molecule has 0 aliphatic rings. The summed E-state index contributed by atoms with van der Waals surface area (Å²) in [6, 6.07) is 11.3. The van der Waals surface area contributed by atoms with Crippen molar-refractivity contribution in [1.82, 2.24) is 25.1 Å². The van der Waals surface area contributed by atoms with Crippen molar-refractivity contribution in [3.05, 3.63) is 65.3 Å². The Kier molecular flexibility index (Phi) is 4.89. The van der Waals surface area contributed by atoms with Crippen LogP contribution in [0.5, 0.6) is 0 Å². The van der Waals surface area contributed by atoms with E-state index in [9.17, 15) is 18.0 Å². The van der Waals surface area contributed by atoms with E-state index < -0.39 is 17.8 Å². The SMILES string of the molecule is O=C(NCc1nnc2ccc(-c3cccs3)nn12)Nc1ccccc1C(F)(F)F. The number of benzene rings is 1. The number of aromatic nitrogens is 4. The van der Waals surface area contributed by atoms with Gasteiger partial charge in [0.25, 0.3) is 0 Å². The number of nitrogens with zero attached hydrogens (tertiary/aromatic N) is 4. The van der Waals surface area contributed by atoms with Crippen molar-refractivity contribution in [3.63, 3.8) is 0 Å². The minimum absolute atomic E-state index is 0.0674. The number of carbonyl (C=O) groups is 1. The molecular formula is C18H13F3N6OS. The normalized spacial score (nSPS) is 11.6. The first-order chi connectivity index (χ1) is 13.9. The molecule has 2 N–H and O–H groups in total. The standard InChI is InChI=1S/C18H13F3N6OS/c19-18(20,21)11-4-1-2-5-12(11)23-17(28)22-10-16-25-24-15-8-7-13(26-27(15)16)14-6-3-9-29-14/h1-9H,10H2,(H2,22,23,28). The van der Waals surface area contributed by atoms with Gasteiger partial charge in [-0.3, -0.25) is 0 Å². The Morgan fingerprint density at radius 3 is 2.66 bits per heavy atom. The van der Waals surface area contributed by atoms with Gasteiger partial charge < -0.3 is 10.6 Å². The Labute approximate surface area is 166 Å². The van der Waals surface area contributed by atoms with Gasteiger partial charge in [-0.2, -0.15) is 22.8 Å². The summed E-state index contributed by atoms with van der Waals surface area (Å²) in [4.78, 5) is 13.1. The van der Waals surface area contributed by atoms with Crippen LogP contribution in [0.25, 0.3) is 16.2 Å². The van der Waals surface area contributed by atoms with Crippen LogP contribution >= 0.6 is 11.3 Å². The minimum Gasteiger partial charge on any atom is -0.330 e. The monoisotopic (exact) mass is 418 g/mol. The molecule has 4 rings (SSSR count). The molecule has 3 heterocycles. The third-order valence-electron chi connectivity index (χ3n) is 3.99. The molecule has 1 aromatic carbocycles. The Hall–Kier alpha value is -3.47. The summed E-state index contributed by atoms with van der Waals surface area (Å²) in [6.07, 6.45) is -4.57. The summed E-state index contributed by atoms with van der Waals surface area (Å²) in [5.74, 6) is 0.345. The van der Waals surface area contributed by atoms with Gasteiger partial charge in [0.2, 0.25) is 0 Å². The Balaban J connectivity index is 1.49. The number of para-hydroxylation sites is 1. The van der Waals surface area contributed by atoms with Gasteiger partial charge in [-0.05, 0) is 35.7 Å². The second-order valence-corrected chi connectivity index (χ2v) is 6.88. The quantitative estimate of drug-likeness (QED) is 0.520. The molecular weight excluding hydrogens is 405 g/mol. The number of urea groups is 1. The zero-order valence-electron chi connectivity index (χ0n) is 14.6. The lowest BCUT2D eigenvalue weighted by Crippen LogP contribution is -2.30. The number of hydrogen-bond donors (Lipinski definition) is 2. The maximum absolute atomic E-state index is 13.0. The van der Waals surface area contributed by atoms with E-state index in [-0.39, 0.29) is 12.2 Å². The first-order valence-corrected chi connectivity index (χ1v) is 9.26. The molecule has 148 valence electrons. The minimum atomic E-state index is -4.57. The molecule has 0 saturated heterocycles. The van der Waals surface area contributed by atoms with Crippen molar-refractivity contribution < 1.29 is 18.0 Å². The zero-order chi connectivity index (χ0) is 20.4. The summed E-state index contributed by atoms with van der Waals surface area (Å²) in [5.41, 5.74) is -0.0471. The van der Waals surface area contributed by atoms with E-state index in [4.69, 9.17) is 0 Å². The zero-order valence-corrected chi connectivity index (χ0v) is 15.5. The molecule has 0 unspecified atom stereocenters. The fourth-order valence-electron chi connectivity index (χ4n) is 2.66. The van der Waals surface area contributed by atoms with Crippen LogP contribution in [-0.4, -0.2) is 25.8 Å². The number of fused-ring (bicyclic) bond motifs is 1. The van der Waals surface area contributed by atoms with Gasteiger partial charge in [0.05, 0.1) is 22.7 Å². The molecule has 0 bridgehead atoms. The van der Waals surface area contributed by atoms with E-state index in [1.165, 1.54) is 34.1 Å². The van der Waals surface area contributed by atoms with Crippen molar-refractivity contribution in [2.45, 2.75) is 12.7 Å². The Morgan fingerprint density at radius 1 is 1.07 bits per heavy atom. The lowest BCUT2D eigenvalue weighted by Gasteiger charge is -2.13. The van der Waals surface area contributed by atoms with Crippen LogP contribution in [0.3, 0.4) is 0 Å². The highest BCUT2D eigenvalue weighted by molar-refractivity contribution is 7.13. The molecule has 0 aliphatic heterocycles. The van der Waals surface area contributed by atoms with Crippen LogP contribution in [0, 0.1) is 0 Å². The van der Waals surface area contributed by atoms with E-state index in [1.807, 2.05) is 23.6 Å². The molecule has 0 radical (unpaired) electrons. The predicted molar refractivity (Wildman–Crippen MR) is 101 cm³/mol. The van der Waals surface area contributed by atoms with Crippen LogP contribution in [-0.2, 0) is 12.7 Å². The van der Waals surface area contributed by atoms with Gasteiger partial charge in [-0.25, -0.2) is 4.79 Å². The largest absolute Gasteiger partial charge is 0.418 e. The third kappa shape index (κ3) is 4.04. The third-order valence-corrected chi connectivity index (χ3v) is 4.88. The first-order valence-electron chi connectivity index (χ1n) is 8.38. The fraction of sp³-hybridized carbons (Fsp3) is 0.111. The average Bonchev–Trinajstić information content (AvgIpc) is 3.35. The molecule has 29 heavy (non-hydrogen) atoms. The molecule has 0 saturated carbocycles. The molecule has 0 atom stereocenters. The number of carbonyl (C=O) groups excluding carboxylic acids is 1. The van der Waals surface area contributed by atoms with Crippen molar-refractivity contribution in [2.24, 2.45) is 0 Å². The van der Waals surface area contributed by atoms with Crippen LogP contribution in [0.4, 0.5) is 23.7 Å². The summed E-state index contributed by atoms with van der Waals surface area (Å²) in [7, 11) is 0. The molecule has 11 heteroatoms. The highest BCUT2D eigenvalue weighted by Gasteiger charge is 2.33. The lowest BCUT2D eigenvalue weighted by molar-refractivity contribution is -0.136. The highest BCUT2D eigenvalue weighted by Crippen LogP contribution is 2.34. The van der Waals surface area contributed by atoms with Crippen LogP contribution in [0.15, 0.2) is 53.9 Å². The fourth-order valence-corrected chi connectivity index (χ4v) is 3.35. The van der Waals surface area contributed by atoms with Crippen molar-refractivity contribution in [2.75, 3.05) is 5.32 Å². The van der Waals surface area contributed by atoms with Crippen molar-refractivity contribution >= 4 is 28.7 Å². The van der Waals surface area contributed by atoms with Crippen molar-refractivity contribution in [1.29, 1.82) is 0 Å². The lowest BCUT2D eigenvalue weighted by atomic mass is 10.1. The van der Waals surface area contributed by atoms with Gasteiger partial charge in [-0.15, -0.1) is 21.5 Å². The number of rotatable bonds is 4. The van der Waals surface area contributed by atoms with E-state index in [0.29, 0.717) is 11.5 Å². The maximum Gasteiger partial charge on any atom is 0.418 e. The molecule has 7 nitrogen and oxygen atoms in total. The van der Waals surface area contributed by atoms with E-state index in [1.54, 1.807) is 6.07 Å². The number of hydrogen-bond acceptors (Lipinski definition) is 5.